The third-order valence-corrected chi connectivity index (χ3v) is 7.65. The molecular formula is C31H50O3. The summed E-state index contributed by atoms with van der Waals surface area (Å²) in [6.07, 6.45) is 19.8. The average Bonchev–Trinajstić information content (AvgIpc) is 2.83. The number of carbonyl (C=O) groups excluding carboxylic acids is 1. The van der Waals surface area contributed by atoms with Crippen LogP contribution in [0.3, 0.4) is 0 Å². The number of carbonyl (C=O) groups is 1. The lowest BCUT2D eigenvalue weighted by Gasteiger charge is -2.37. The fraction of sp³-hybridized carbons (Fsp3) is 0.710. The number of aliphatic hydroxyl groups excluding tert-OH is 1. The highest BCUT2D eigenvalue weighted by Gasteiger charge is 2.31. The summed E-state index contributed by atoms with van der Waals surface area (Å²) < 4.78 is 5.33. The van der Waals surface area contributed by atoms with Gasteiger partial charge in [0.15, 0.2) is 0 Å². The first-order chi connectivity index (χ1) is 16.4. The lowest BCUT2D eigenvalue weighted by molar-refractivity contribution is 0.0497. The number of aliphatic hydroxyl groups is 1. The van der Waals surface area contributed by atoms with Crippen molar-refractivity contribution in [1.82, 2.24) is 0 Å². The molecule has 192 valence electrons. The molecule has 0 radical (unpaired) electrons. The second-order valence-electron chi connectivity index (χ2n) is 10.9. The molecule has 0 saturated carbocycles. The van der Waals surface area contributed by atoms with Gasteiger partial charge in [-0.1, -0.05) is 108 Å². The molecule has 0 aliphatic heterocycles. The summed E-state index contributed by atoms with van der Waals surface area (Å²) in [7, 11) is 0. The van der Waals surface area contributed by atoms with Gasteiger partial charge in [0.1, 0.15) is 0 Å². The number of unbranched alkanes of at least 4 members (excludes halogenated alkanes) is 12. The summed E-state index contributed by atoms with van der Waals surface area (Å²) in [5, 5.41) is 10.2. The molecule has 0 saturated heterocycles. The maximum atomic E-state index is 11.9. The minimum Gasteiger partial charge on any atom is -0.462 e. The van der Waals surface area contributed by atoms with E-state index in [9.17, 15) is 9.90 Å². The van der Waals surface area contributed by atoms with Crippen LogP contribution >= 0.6 is 0 Å². The van der Waals surface area contributed by atoms with Crippen LogP contribution in [-0.4, -0.2) is 23.8 Å². The number of rotatable bonds is 17. The minimum atomic E-state index is -0.207. The van der Waals surface area contributed by atoms with Crippen LogP contribution in [0.1, 0.15) is 134 Å². The summed E-state index contributed by atoms with van der Waals surface area (Å²) in [5.41, 5.74) is 3.69. The van der Waals surface area contributed by atoms with Gasteiger partial charge in [-0.2, -0.15) is 0 Å². The van der Waals surface area contributed by atoms with Crippen molar-refractivity contribution < 1.29 is 14.6 Å². The molecule has 2 rings (SSSR count). The number of hydrogen-bond acceptors (Lipinski definition) is 3. The molecule has 0 fully saturated rings. The van der Waals surface area contributed by atoms with Crippen LogP contribution in [0.2, 0.25) is 0 Å². The molecule has 1 aromatic carbocycles. The zero-order valence-corrected chi connectivity index (χ0v) is 22.2. The molecule has 1 unspecified atom stereocenters. The van der Waals surface area contributed by atoms with Gasteiger partial charge in [-0.15, -0.1) is 0 Å². The maximum absolute atomic E-state index is 11.9. The Kier molecular flexibility index (Phi) is 13.6. The van der Waals surface area contributed by atoms with E-state index >= 15 is 0 Å². The molecule has 0 aromatic heterocycles. The minimum absolute atomic E-state index is 0.201. The van der Waals surface area contributed by atoms with Gasteiger partial charge in [-0.25, -0.2) is 4.79 Å². The Hall–Kier alpha value is -1.61. The molecule has 1 atom stereocenters. The topological polar surface area (TPSA) is 46.5 Å². The molecule has 0 spiro atoms. The van der Waals surface area contributed by atoms with E-state index in [1.165, 1.54) is 88.2 Å². The van der Waals surface area contributed by atoms with Crippen LogP contribution in [0.4, 0.5) is 0 Å². The molecule has 3 heteroatoms. The normalized spacial score (nSPS) is 17.7. The molecule has 1 N–H and O–H groups in total. The van der Waals surface area contributed by atoms with Gasteiger partial charge in [-0.3, -0.25) is 0 Å². The maximum Gasteiger partial charge on any atom is 0.338 e. The van der Waals surface area contributed by atoms with Gasteiger partial charge in [0, 0.05) is 0 Å². The summed E-state index contributed by atoms with van der Waals surface area (Å²) in [5.74, 6) is -0.207. The second-order valence-corrected chi connectivity index (χ2v) is 10.9. The monoisotopic (exact) mass is 470 g/mol. The van der Waals surface area contributed by atoms with Crippen LogP contribution in [0.15, 0.2) is 41.5 Å². The molecule has 1 aromatic rings. The molecule has 1 aliphatic carbocycles. The van der Waals surface area contributed by atoms with Crippen molar-refractivity contribution in [3.8, 4) is 0 Å². The molecular weight excluding hydrogens is 420 g/mol. The first-order valence-electron chi connectivity index (χ1n) is 14.0. The third kappa shape index (κ3) is 10.8. The van der Waals surface area contributed by atoms with Crippen molar-refractivity contribution in [2.24, 2.45) is 5.41 Å². The lowest BCUT2D eigenvalue weighted by atomic mass is 9.70. The molecule has 0 heterocycles. The average molecular weight is 471 g/mol. The van der Waals surface area contributed by atoms with Gasteiger partial charge in [0.2, 0.25) is 0 Å². The van der Waals surface area contributed by atoms with Crippen molar-refractivity contribution in [3.63, 3.8) is 0 Å². The molecule has 34 heavy (non-hydrogen) atoms. The summed E-state index contributed by atoms with van der Waals surface area (Å²) in [4.78, 5) is 11.9. The van der Waals surface area contributed by atoms with E-state index in [2.05, 4.69) is 20.8 Å². The Bertz CT molecular complexity index is 719. The van der Waals surface area contributed by atoms with Crippen LogP contribution in [0.25, 0.3) is 0 Å². The van der Waals surface area contributed by atoms with Crippen LogP contribution in [0, 0.1) is 5.41 Å². The SMILES string of the molecule is CC1=C(CCCCCCCCCCCCCCCOC(=O)c2ccccc2)C(C)(C)CCC1O. The molecule has 3 nitrogen and oxygen atoms in total. The van der Waals surface area contributed by atoms with E-state index in [4.69, 9.17) is 4.74 Å². The van der Waals surface area contributed by atoms with Gasteiger partial charge in [0.05, 0.1) is 18.3 Å². The van der Waals surface area contributed by atoms with Crippen LogP contribution in [0.5, 0.6) is 0 Å². The van der Waals surface area contributed by atoms with E-state index in [1.807, 2.05) is 18.2 Å². The van der Waals surface area contributed by atoms with Gasteiger partial charge < -0.3 is 9.84 Å². The molecule has 0 amide bonds. The van der Waals surface area contributed by atoms with E-state index < -0.39 is 0 Å². The summed E-state index contributed by atoms with van der Waals surface area (Å²) in [6, 6.07) is 9.23. The quantitative estimate of drug-likeness (QED) is 0.140. The highest BCUT2D eigenvalue weighted by molar-refractivity contribution is 5.89. The number of benzene rings is 1. The second kappa shape index (κ2) is 16.1. The summed E-state index contributed by atoms with van der Waals surface area (Å²) in [6.45, 7) is 7.37. The van der Waals surface area contributed by atoms with Gasteiger partial charge in [0.25, 0.3) is 0 Å². The Balaban J connectivity index is 1.34. The van der Waals surface area contributed by atoms with Crippen molar-refractivity contribution >= 4 is 5.97 Å². The lowest BCUT2D eigenvalue weighted by Crippen LogP contribution is -2.28. The number of hydrogen-bond donors (Lipinski definition) is 1. The zero-order valence-electron chi connectivity index (χ0n) is 22.2. The Morgan fingerprint density at radius 1 is 0.853 bits per heavy atom. The standard InChI is InChI=1S/C31H50O3/c1-26-28(31(2,3)24-23-29(26)32)22-18-13-11-9-7-5-4-6-8-10-12-14-19-25-34-30(33)27-20-16-15-17-21-27/h15-17,20-21,29,32H,4-14,18-19,22-25H2,1-3H3. The van der Waals surface area contributed by atoms with Crippen LogP contribution in [-0.2, 0) is 4.74 Å². The predicted octanol–water partition coefficient (Wildman–Crippen LogP) is 8.80. The first-order valence-corrected chi connectivity index (χ1v) is 14.0. The summed E-state index contributed by atoms with van der Waals surface area (Å²) >= 11 is 0. The number of ether oxygens (including phenoxy) is 1. The van der Waals surface area contributed by atoms with E-state index in [0.717, 1.165) is 25.7 Å². The van der Waals surface area contributed by atoms with Crippen molar-refractivity contribution in [2.45, 2.75) is 130 Å². The van der Waals surface area contributed by atoms with Crippen molar-refractivity contribution in [1.29, 1.82) is 0 Å². The Morgan fingerprint density at radius 2 is 1.35 bits per heavy atom. The van der Waals surface area contributed by atoms with Gasteiger partial charge >= 0.3 is 5.97 Å². The van der Waals surface area contributed by atoms with Gasteiger partial charge in [-0.05, 0) is 62.1 Å². The van der Waals surface area contributed by atoms with E-state index in [-0.39, 0.29) is 17.5 Å². The molecule has 0 bridgehead atoms. The number of esters is 1. The highest BCUT2D eigenvalue weighted by atomic mass is 16.5. The van der Waals surface area contributed by atoms with Crippen molar-refractivity contribution in [2.75, 3.05) is 6.61 Å². The highest BCUT2D eigenvalue weighted by Crippen LogP contribution is 2.42. The zero-order chi connectivity index (χ0) is 24.7. The molecule has 1 aliphatic rings. The third-order valence-electron chi connectivity index (χ3n) is 7.65. The van der Waals surface area contributed by atoms with E-state index in [0.29, 0.717) is 12.2 Å². The predicted molar refractivity (Wildman–Crippen MR) is 143 cm³/mol. The first kappa shape index (κ1) is 28.6. The Labute approximate surface area is 209 Å². The largest absolute Gasteiger partial charge is 0.462 e. The van der Waals surface area contributed by atoms with E-state index in [1.54, 1.807) is 12.1 Å². The van der Waals surface area contributed by atoms with Crippen molar-refractivity contribution in [3.05, 3.63) is 47.0 Å². The smallest absolute Gasteiger partial charge is 0.338 e. The fourth-order valence-electron chi connectivity index (χ4n) is 5.31. The van der Waals surface area contributed by atoms with Crippen LogP contribution < -0.4 is 0 Å². The number of allylic oxidation sites excluding steroid dienone is 1. The fourth-order valence-corrected chi connectivity index (χ4v) is 5.31. The Morgan fingerprint density at radius 3 is 1.91 bits per heavy atom.